The van der Waals surface area contributed by atoms with Crippen molar-refractivity contribution in [1.29, 1.82) is 0 Å². The maximum atomic E-state index is 12.8. The molecule has 31 heavy (non-hydrogen) atoms. The van der Waals surface area contributed by atoms with Crippen molar-refractivity contribution in [2.75, 3.05) is 26.6 Å². The molecule has 9 heteroatoms. The number of rotatable bonds is 7. The Kier molecular flexibility index (Phi) is 6.76. The summed E-state index contributed by atoms with van der Waals surface area (Å²) >= 11 is 0. The fourth-order valence-electron chi connectivity index (χ4n) is 3.12. The minimum Gasteiger partial charge on any atom is -0.497 e. The van der Waals surface area contributed by atoms with Gasteiger partial charge in [-0.1, -0.05) is 18.2 Å². The Morgan fingerprint density at radius 1 is 0.968 bits per heavy atom. The van der Waals surface area contributed by atoms with Crippen LogP contribution in [0.3, 0.4) is 0 Å². The summed E-state index contributed by atoms with van der Waals surface area (Å²) in [6.45, 7) is 0. The third kappa shape index (κ3) is 4.77. The second-order valence-corrected chi connectivity index (χ2v) is 6.57. The molecule has 162 valence electrons. The number of hydrogen-bond donors (Lipinski definition) is 2. The molecule has 0 unspecified atom stereocenters. The van der Waals surface area contributed by atoms with Gasteiger partial charge in [-0.2, -0.15) is 0 Å². The Morgan fingerprint density at radius 2 is 1.71 bits per heavy atom. The highest BCUT2D eigenvalue weighted by Gasteiger charge is 2.27. The van der Waals surface area contributed by atoms with Gasteiger partial charge < -0.3 is 29.4 Å². The number of aryl methyl sites for hydroxylation is 1. The molecule has 0 fully saturated rings. The molecule has 3 aromatic rings. The van der Waals surface area contributed by atoms with E-state index in [1.165, 1.54) is 14.2 Å². The van der Waals surface area contributed by atoms with Crippen LogP contribution < -0.4 is 24.8 Å². The zero-order chi connectivity index (χ0) is 22.4. The van der Waals surface area contributed by atoms with Crippen molar-refractivity contribution in [3.63, 3.8) is 0 Å². The highest BCUT2D eigenvalue weighted by Crippen LogP contribution is 2.30. The number of amides is 2. The summed E-state index contributed by atoms with van der Waals surface area (Å²) in [6.07, 6.45) is 3.37. The molecule has 0 bridgehead atoms. The van der Waals surface area contributed by atoms with Gasteiger partial charge in [0.25, 0.3) is 0 Å². The first-order valence-electron chi connectivity index (χ1n) is 9.42. The molecule has 0 aliphatic rings. The lowest BCUT2D eigenvalue weighted by Gasteiger charge is -2.21. The number of nitrogens with zero attached hydrogens (tertiary/aromatic N) is 2. The lowest BCUT2D eigenvalue weighted by atomic mass is 10.0. The number of methoxy groups -OCH3 is 3. The summed E-state index contributed by atoms with van der Waals surface area (Å²) in [7, 11) is 6.33. The Balaban J connectivity index is 1.86. The third-order valence-corrected chi connectivity index (χ3v) is 4.71. The average molecular weight is 424 g/mol. The minimum atomic E-state index is -0.849. The van der Waals surface area contributed by atoms with Crippen LogP contribution >= 0.6 is 0 Å². The molecule has 0 radical (unpaired) electrons. The SMILES string of the molecule is COc1ccc(NC(=O)C(=O)N[C@@H](c2ccccc2OC)c2nccn2C)c(OC)c1. The number of hydrogen-bond acceptors (Lipinski definition) is 6. The highest BCUT2D eigenvalue weighted by atomic mass is 16.5. The first-order valence-corrected chi connectivity index (χ1v) is 9.42. The van der Waals surface area contributed by atoms with Crippen LogP contribution in [0.4, 0.5) is 5.69 Å². The van der Waals surface area contributed by atoms with Gasteiger partial charge in [0.2, 0.25) is 0 Å². The number of nitrogens with one attached hydrogen (secondary N) is 2. The van der Waals surface area contributed by atoms with Gasteiger partial charge in [-0.3, -0.25) is 9.59 Å². The quantitative estimate of drug-likeness (QED) is 0.564. The van der Waals surface area contributed by atoms with Crippen LogP contribution in [0.5, 0.6) is 17.2 Å². The van der Waals surface area contributed by atoms with Crippen LogP contribution in [0, 0.1) is 0 Å². The average Bonchev–Trinajstić information content (AvgIpc) is 3.22. The van der Waals surface area contributed by atoms with E-state index in [2.05, 4.69) is 15.6 Å². The van der Waals surface area contributed by atoms with Gasteiger partial charge in [-0.15, -0.1) is 0 Å². The fourth-order valence-corrected chi connectivity index (χ4v) is 3.12. The first-order chi connectivity index (χ1) is 15.0. The van der Waals surface area contributed by atoms with Gasteiger partial charge in [0.1, 0.15) is 29.1 Å². The first kappa shape index (κ1) is 21.7. The maximum Gasteiger partial charge on any atom is 0.313 e. The van der Waals surface area contributed by atoms with E-state index in [-0.39, 0.29) is 0 Å². The Bertz CT molecular complexity index is 1080. The number of ether oxygens (including phenoxy) is 3. The lowest BCUT2D eigenvalue weighted by Crippen LogP contribution is -2.39. The number of aromatic nitrogens is 2. The van der Waals surface area contributed by atoms with Crippen molar-refractivity contribution in [2.45, 2.75) is 6.04 Å². The van der Waals surface area contributed by atoms with Crippen LogP contribution in [-0.2, 0) is 16.6 Å². The summed E-state index contributed by atoms with van der Waals surface area (Å²) in [5.41, 5.74) is 1.01. The van der Waals surface area contributed by atoms with Crippen LogP contribution in [0.25, 0.3) is 0 Å². The Hall–Kier alpha value is -4.01. The van der Waals surface area contributed by atoms with E-state index in [9.17, 15) is 9.59 Å². The molecule has 3 rings (SSSR count). The second kappa shape index (κ2) is 9.66. The predicted octanol–water partition coefficient (Wildman–Crippen LogP) is 2.29. The summed E-state index contributed by atoms with van der Waals surface area (Å²) in [4.78, 5) is 29.8. The molecule has 1 heterocycles. The van der Waals surface area contributed by atoms with E-state index >= 15 is 0 Å². The summed E-state index contributed by atoms with van der Waals surface area (Å²) in [5.74, 6) is 0.353. The van der Waals surface area contributed by atoms with E-state index in [1.54, 1.807) is 55.4 Å². The highest BCUT2D eigenvalue weighted by molar-refractivity contribution is 6.39. The normalized spacial score (nSPS) is 11.4. The summed E-state index contributed by atoms with van der Waals surface area (Å²) in [6, 6.07) is 11.4. The van der Waals surface area contributed by atoms with E-state index in [0.717, 1.165) is 0 Å². The molecule has 0 spiro atoms. The number of anilines is 1. The van der Waals surface area contributed by atoms with Crippen molar-refractivity contribution in [1.82, 2.24) is 14.9 Å². The number of para-hydroxylation sites is 1. The molecule has 0 aliphatic carbocycles. The molecule has 1 atom stereocenters. The van der Waals surface area contributed by atoms with Gasteiger partial charge >= 0.3 is 11.8 Å². The number of benzene rings is 2. The topological polar surface area (TPSA) is 104 Å². The smallest absolute Gasteiger partial charge is 0.313 e. The molecular formula is C22H24N4O5. The number of imidazole rings is 1. The van der Waals surface area contributed by atoms with E-state index < -0.39 is 17.9 Å². The van der Waals surface area contributed by atoms with E-state index in [4.69, 9.17) is 14.2 Å². The molecule has 2 N–H and O–H groups in total. The standard InChI is InChI=1S/C22H24N4O5/c1-26-12-11-23-20(26)19(15-7-5-6-8-17(15)30-3)25-22(28)21(27)24-16-10-9-14(29-2)13-18(16)31-4/h5-13,19H,1-4H3,(H,24,27)(H,25,28)/t19-/m0/s1. The van der Waals surface area contributed by atoms with Gasteiger partial charge in [0.05, 0.1) is 27.0 Å². The molecule has 2 aromatic carbocycles. The van der Waals surface area contributed by atoms with Crippen molar-refractivity contribution in [3.8, 4) is 17.2 Å². The predicted molar refractivity (Wildman–Crippen MR) is 114 cm³/mol. The molecule has 0 saturated heterocycles. The molecule has 0 saturated carbocycles. The third-order valence-electron chi connectivity index (χ3n) is 4.71. The van der Waals surface area contributed by atoms with E-state index in [1.807, 2.05) is 18.2 Å². The monoisotopic (exact) mass is 424 g/mol. The van der Waals surface area contributed by atoms with Crippen LogP contribution in [0.1, 0.15) is 17.4 Å². The van der Waals surface area contributed by atoms with E-state index in [0.29, 0.717) is 34.3 Å². The van der Waals surface area contributed by atoms with Gasteiger partial charge in [-0.05, 0) is 18.2 Å². The van der Waals surface area contributed by atoms with Crippen molar-refractivity contribution < 1.29 is 23.8 Å². The second-order valence-electron chi connectivity index (χ2n) is 6.57. The summed E-state index contributed by atoms with van der Waals surface area (Å²) in [5, 5.41) is 5.32. The van der Waals surface area contributed by atoms with Crippen LogP contribution in [-0.4, -0.2) is 42.7 Å². The molecule has 1 aromatic heterocycles. The minimum absolute atomic E-state index is 0.342. The van der Waals surface area contributed by atoms with Crippen LogP contribution in [0.15, 0.2) is 54.9 Å². The van der Waals surface area contributed by atoms with Gasteiger partial charge in [-0.25, -0.2) is 4.98 Å². The van der Waals surface area contributed by atoms with Gasteiger partial charge in [0.15, 0.2) is 0 Å². The number of carbonyl (C=O) groups is 2. The van der Waals surface area contributed by atoms with Crippen molar-refractivity contribution in [2.24, 2.45) is 7.05 Å². The molecule has 9 nitrogen and oxygen atoms in total. The number of carbonyl (C=O) groups excluding carboxylic acids is 2. The lowest BCUT2D eigenvalue weighted by molar-refractivity contribution is -0.136. The van der Waals surface area contributed by atoms with Crippen molar-refractivity contribution >= 4 is 17.5 Å². The molecule has 2 amide bonds. The largest absolute Gasteiger partial charge is 0.497 e. The molecule has 0 aliphatic heterocycles. The Morgan fingerprint density at radius 3 is 2.35 bits per heavy atom. The fraction of sp³-hybridized carbons (Fsp3) is 0.227. The molecular weight excluding hydrogens is 400 g/mol. The maximum absolute atomic E-state index is 12.8. The zero-order valence-electron chi connectivity index (χ0n) is 17.7. The zero-order valence-corrected chi connectivity index (χ0v) is 17.7. The van der Waals surface area contributed by atoms with Crippen LogP contribution in [0.2, 0.25) is 0 Å². The Labute approximate surface area is 180 Å². The van der Waals surface area contributed by atoms with Gasteiger partial charge in [0, 0.05) is 31.1 Å². The summed E-state index contributed by atoms with van der Waals surface area (Å²) < 4.78 is 17.6. The van der Waals surface area contributed by atoms with Crippen molar-refractivity contribution in [3.05, 3.63) is 66.2 Å².